The fraction of sp³-hybridized carbons (Fsp3) is 0.619. The van der Waals surface area contributed by atoms with Crippen LogP contribution in [0.5, 0.6) is 5.88 Å². The fourth-order valence-electron chi connectivity index (χ4n) is 3.85. The number of nitrogens with zero attached hydrogens (tertiary/aromatic N) is 2. The molecule has 1 amide bonds. The number of likely N-dealkylation sites (tertiary alicyclic amines) is 1. The molecule has 1 spiro atoms. The third-order valence-corrected chi connectivity index (χ3v) is 5.33. The molecule has 1 aromatic heterocycles. The first-order valence-corrected chi connectivity index (χ1v) is 9.67. The Labute approximate surface area is 164 Å². The first kappa shape index (κ1) is 20.6. The van der Waals surface area contributed by atoms with E-state index in [0.717, 1.165) is 25.7 Å². The van der Waals surface area contributed by atoms with Gasteiger partial charge >= 0.3 is 6.09 Å². The summed E-state index contributed by atoms with van der Waals surface area (Å²) in [6.45, 7) is 10.5. The molecule has 0 bridgehead atoms. The molecule has 1 saturated heterocycles. The monoisotopic (exact) mass is 394 g/mol. The third kappa shape index (κ3) is 4.62. The number of hydrogen-bond acceptors (Lipinski definition) is 4. The van der Waals surface area contributed by atoms with Gasteiger partial charge in [-0.2, -0.15) is 0 Å². The minimum atomic E-state index is -2.63. The van der Waals surface area contributed by atoms with Crippen LogP contribution in [0.1, 0.15) is 64.1 Å². The van der Waals surface area contributed by atoms with Gasteiger partial charge in [0.25, 0.3) is 6.43 Å². The molecule has 3 rings (SSSR count). The molecule has 0 radical (unpaired) electrons. The first-order valence-electron chi connectivity index (χ1n) is 9.67. The van der Waals surface area contributed by atoms with Gasteiger partial charge in [0.15, 0.2) is 0 Å². The maximum absolute atomic E-state index is 13.2. The molecule has 28 heavy (non-hydrogen) atoms. The predicted octanol–water partition coefficient (Wildman–Crippen LogP) is 5.22. The van der Waals surface area contributed by atoms with Crippen LogP contribution in [-0.2, 0) is 4.74 Å². The van der Waals surface area contributed by atoms with Crippen molar-refractivity contribution in [2.75, 3.05) is 13.1 Å². The highest BCUT2D eigenvalue weighted by Gasteiger charge is 2.48. The first-order chi connectivity index (χ1) is 13.1. The number of rotatable bonds is 4. The zero-order valence-corrected chi connectivity index (χ0v) is 16.7. The number of carbonyl (C=O) groups excluding carboxylic acids is 1. The molecule has 5 nitrogen and oxygen atoms in total. The molecule has 2 aliphatic rings. The lowest BCUT2D eigenvalue weighted by molar-refractivity contribution is -0.0613. The van der Waals surface area contributed by atoms with Gasteiger partial charge in [0, 0.05) is 18.5 Å². The van der Waals surface area contributed by atoms with E-state index in [1.54, 1.807) is 4.90 Å². The minimum absolute atomic E-state index is 0.00246. The molecule has 154 valence electrons. The number of hydrogen-bond donors (Lipinski definition) is 0. The Hall–Kier alpha value is -2.18. The van der Waals surface area contributed by atoms with Crippen molar-refractivity contribution in [1.82, 2.24) is 9.88 Å². The van der Waals surface area contributed by atoms with Gasteiger partial charge in [-0.1, -0.05) is 6.58 Å². The molecule has 2 fully saturated rings. The number of aromatic nitrogens is 1. The molecular formula is C21H28F2N2O3. The van der Waals surface area contributed by atoms with Crippen LogP contribution >= 0.6 is 0 Å². The number of ether oxygens (including phenoxy) is 2. The summed E-state index contributed by atoms with van der Waals surface area (Å²) in [5.74, 6) is -0.00246. The highest BCUT2D eigenvalue weighted by atomic mass is 19.3. The van der Waals surface area contributed by atoms with Gasteiger partial charge in [-0.3, -0.25) is 0 Å². The second-order valence-electron chi connectivity index (χ2n) is 8.79. The smallest absolute Gasteiger partial charge is 0.410 e. The van der Waals surface area contributed by atoms with E-state index in [-0.39, 0.29) is 29.1 Å². The Kier molecular flexibility index (Phi) is 5.64. The average Bonchev–Trinajstić information content (AvgIpc) is 2.58. The maximum Gasteiger partial charge on any atom is 0.410 e. The molecule has 7 heteroatoms. The summed E-state index contributed by atoms with van der Waals surface area (Å²) in [6.07, 6.45) is 1.75. The van der Waals surface area contributed by atoms with Gasteiger partial charge in [0.05, 0.1) is 11.3 Å². The molecule has 2 heterocycles. The zero-order chi connectivity index (χ0) is 20.5. The standard InChI is InChI=1S/C21H28F2N2O3/c1-5-14-6-7-16(17(22)23)18(24-14)27-15-8-10-21(11-9-15)12-25(13-21)19(26)28-20(2,3)4/h5-7,15,17H,1,8-13H2,2-4H3. The number of pyridine rings is 1. The quantitative estimate of drug-likeness (QED) is 0.702. The highest BCUT2D eigenvalue weighted by molar-refractivity contribution is 5.69. The van der Waals surface area contributed by atoms with Crippen molar-refractivity contribution in [2.45, 2.75) is 64.6 Å². The van der Waals surface area contributed by atoms with E-state index in [0.29, 0.717) is 18.8 Å². The topological polar surface area (TPSA) is 51.7 Å². The van der Waals surface area contributed by atoms with E-state index in [1.807, 2.05) is 20.8 Å². The van der Waals surface area contributed by atoms with Gasteiger partial charge in [-0.25, -0.2) is 18.6 Å². The van der Waals surface area contributed by atoms with Gasteiger partial charge in [0.2, 0.25) is 5.88 Å². The molecule has 0 atom stereocenters. The van der Waals surface area contributed by atoms with E-state index in [9.17, 15) is 13.6 Å². The van der Waals surface area contributed by atoms with Crippen LogP contribution < -0.4 is 4.74 Å². The largest absolute Gasteiger partial charge is 0.474 e. The molecule has 1 saturated carbocycles. The van der Waals surface area contributed by atoms with Crippen molar-refractivity contribution in [1.29, 1.82) is 0 Å². The minimum Gasteiger partial charge on any atom is -0.474 e. The summed E-state index contributed by atoms with van der Waals surface area (Å²) in [5.41, 5.74) is -0.0799. The molecule has 1 aromatic rings. The Morgan fingerprint density at radius 2 is 1.96 bits per heavy atom. The normalized spacial score (nSPS) is 19.4. The van der Waals surface area contributed by atoms with Crippen molar-refractivity contribution in [3.05, 3.63) is 30.0 Å². The van der Waals surface area contributed by atoms with Crippen LogP contribution in [0.4, 0.5) is 13.6 Å². The van der Waals surface area contributed by atoms with Crippen LogP contribution in [0.15, 0.2) is 18.7 Å². The molecular weight excluding hydrogens is 366 g/mol. The van der Waals surface area contributed by atoms with Crippen LogP contribution in [-0.4, -0.2) is 40.8 Å². The van der Waals surface area contributed by atoms with Crippen molar-refractivity contribution in [2.24, 2.45) is 5.41 Å². The van der Waals surface area contributed by atoms with Gasteiger partial charge in [-0.05, 0) is 64.7 Å². The summed E-state index contributed by atoms with van der Waals surface area (Å²) in [7, 11) is 0. The van der Waals surface area contributed by atoms with Crippen molar-refractivity contribution < 1.29 is 23.0 Å². The van der Waals surface area contributed by atoms with Crippen LogP contribution in [0, 0.1) is 5.41 Å². The lowest BCUT2D eigenvalue weighted by atomic mass is 9.68. The average molecular weight is 394 g/mol. The van der Waals surface area contributed by atoms with Gasteiger partial charge in [-0.15, -0.1) is 0 Å². The molecule has 0 N–H and O–H groups in total. The van der Waals surface area contributed by atoms with Crippen molar-refractivity contribution >= 4 is 12.2 Å². The fourth-order valence-corrected chi connectivity index (χ4v) is 3.85. The molecule has 0 aromatic carbocycles. The second-order valence-corrected chi connectivity index (χ2v) is 8.79. The summed E-state index contributed by atoms with van der Waals surface area (Å²) in [6, 6.07) is 2.86. The van der Waals surface area contributed by atoms with Crippen LogP contribution in [0.25, 0.3) is 6.08 Å². The summed E-state index contributed by atoms with van der Waals surface area (Å²) in [5, 5.41) is 0. The maximum atomic E-state index is 13.2. The third-order valence-electron chi connectivity index (χ3n) is 5.33. The molecule has 1 aliphatic heterocycles. The number of amides is 1. The van der Waals surface area contributed by atoms with Crippen LogP contribution in [0.2, 0.25) is 0 Å². The van der Waals surface area contributed by atoms with E-state index in [2.05, 4.69) is 11.6 Å². The van der Waals surface area contributed by atoms with Crippen LogP contribution in [0.3, 0.4) is 0 Å². The zero-order valence-electron chi connectivity index (χ0n) is 16.7. The highest BCUT2D eigenvalue weighted by Crippen LogP contribution is 2.45. The predicted molar refractivity (Wildman–Crippen MR) is 102 cm³/mol. The Balaban J connectivity index is 1.55. The number of halogens is 2. The lowest BCUT2D eigenvalue weighted by Crippen LogP contribution is -2.60. The number of alkyl halides is 2. The second kappa shape index (κ2) is 7.68. The Morgan fingerprint density at radius 3 is 2.50 bits per heavy atom. The summed E-state index contributed by atoms with van der Waals surface area (Å²) in [4.78, 5) is 18.0. The van der Waals surface area contributed by atoms with E-state index >= 15 is 0 Å². The van der Waals surface area contributed by atoms with Gasteiger partial charge in [0.1, 0.15) is 11.7 Å². The summed E-state index contributed by atoms with van der Waals surface area (Å²) < 4.78 is 37.7. The van der Waals surface area contributed by atoms with E-state index in [4.69, 9.17) is 9.47 Å². The molecule has 1 aliphatic carbocycles. The summed E-state index contributed by atoms with van der Waals surface area (Å²) >= 11 is 0. The lowest BCUT2D eigenvalue weighted by Gasteiger charge is -2.53. The van der Waals surface area contributed by atoms with Crippen molar-refractivity contribution in [3.8, 4) is 5.88 Å². The van der Waals surface area contributed by atoms with Crippen molar-refractivity contribution in [3.63, 3.8) is 0 Å². The van der Waals surface area contributed by atoms with Gasteiger partial charge < -0.3 is 14.4 Å². The Morgan fingerprint density at radius 1 is 1.32 bits per heavy atom. The SMILES string of the molecule is C=Cc1ccc(C(F)F)c(OC2CCC3(CC2)CN(C(=O)OC(C)(C)C)C3)n1. The van der Waals surface area contributed by atoms with E-state index in [1.165, 1.54) is 18.2 Å². The molecule has 0 unspecified atom stereocenters. The Bertz CT molecular complexity index is 730. The number of carbonyl (C=O) groups is 1. The van der Waals surface area contributed by atoms with E-state index < -0.39 is 12.0 Å².